The van der Waals surface area contributed by atoms with Gasteiger partial charge in [0.25, 0.3) is 0 Å². The predicted octanol–water partition coefficient (Wildman–Crippen LogP) is 5.40. The maximum absolute atomic E-state index is 13.1. The molecular formula is C33H30O12. The minimum Gasteiger partial charge on any atom is -0.497 e. The fraction of sp³-hybridized carbons (Fsp3) is 0.182. The number of hydrogen-bond acceptors (Lipinski definition) is 12. The summed E-state index contributed by atoms with van der Waals surface area (Å²) in [5.74, 6) is -0.482. The van der Waals surface area contributed by atoms with Gasteiger partial charge in [-0.25, -0.2) is 14.4 Å². The number of hydrogen-bond donors (Lipinski definition) is 0. The van der Waals surface area contributed by atoms with E-state index in [1.807, 2.05) is 0 Å². The van der Waals surface area contributed by atoms with E-state index in [2.05, 4.69) is 0 Å². The van der Waals surface area contributed by atoms with Gasteiger partial charge in [-0.15, -0.1) is 0 Å². The quantitative estimate of drug-likeness (QED) is 0.149. The second-order valence-electron chi connectivity index (χ2n) is 9.11. The highest BCUT2D eigenvalue weighted by Crippen LogP contribution is 2.32. The Bertz CT molecular complexity index is 1430. The van der Waals surface area contributed by atoms with E-state index >= 15 is 0 Å². The molecule has 0 N–H and O–H groups in total. The Labute approximate surface area is 258 Å². The van der Waals surface area contributed by atoms with Crippen molar-refractivity contribution in [3.8, 4) is 51.7 Å². The Kier molecular flexibility index (Phi) is 10.3. The van der Waals surface area contributed by atoms with Crippen molar-refractivity contribution in [1.29, 1.82) is 0 Å². The summed E-state index contributed by atoms with van der Waals surface area (Å²) >= 11 is 0. The highest BCUT2D eigenvalue weighted by atomic mass is 16.6. The van der Waals surface area contributed by atoms with Crippen LogP contribution in [0, 0.1) is 0 Å². The van der Waals surface area contributed by atoms with Gasteiger partial charge in [-0.3, -0.25) is 0 Å². The van der Waals surface area contributed by atoms with E-state index in [-0.39, 0.29) is 33.9 Å². The second kappa shape index (κ2) is 14.5. The van der Waals surface area contributed by atoms with Crippen molar-refractivity contribution in [2.75, 3.05) is 42.7 Å². The van der Waals surface area contributed by atoms with E-state index < -0.39 is 17.9 Å². The summed E-state index contributed by atoms with van der Waals surface area (Å²) in [6, 6.07) is 17.4. The Balaban J connectivity index is 1.69. The van der Waals surface area contributed by atoms with E-state index in [0.29, 0.717) is 34.5 Å². The van der Waals surface area contributed by atoms with E-state index in [9.17, 15) is 14.4 Å². The van der Waals surface area contributed by atoms with Gasteiger partial charge in [-0.2, -0.15) is 0 Å². The highest BCUT2D eigenvalue weighted by molar-refractivity contribution is 5.94. The fourth-order valence-corrected chi connectivity index (χ4v) is 4.00. The number of carbonyl (C=O) groups excluding carboxylic acids is 3. The molecule has 0 aliphatic carbocycles. The largest absolute Gasteiger partial charge is 0.497 e. The van der Waals surface area contributed by atoms with Gasteiger partial charge >= 0.3 is 17.9 Å². The number of carbonyl (C=O) groups is 3. The topological polar surface area (TPSA) is 134 Å². The minimum absolute atomic E-state index is 0.0960. The summed E-state index contributed by atoms with van der Waals surface area (Å²) in [5, 5.41) is 0. The standard InChI is InChI=1S/C33H30O12/c1-37-22-7-19(8-23(13-22)38-2)31(34)43-28-16-29(44-32(35)20-9-24(39-3)14-25(10-20)40-4)18-30(17-28)45-33(36)21-11-26(41-5)15-27(12-21)42-6/h7-18H,1-6H3. The summed E-state index contributed by atoms with van der Waals surface area (Å²) in [4.78, 5) is 39.4. The first kappa shape index (κ1) is 32.0. The molecule has 0 saturated carbocycles. The zero-order valence-corrected chi connectivity index (χ0v) is 25.3. The Morgan fingerprint density at radius 2 is 0.489 bits per heavy atom. The summed E-state index contributed by atoms with van der Waals surface area (Å²) < 4.78 is 48.2. The Hall–Kier alpha value is -5.91. The molecule has 0 bridgehead atoms. The first-order valence-corrected chi connectivity index (χ1v) is 13.2. The third-order valence-electron chi connectivity index (χ3n) is 6.25. The Morgan fingerprint density at radius 3 is 0.667 bits per heavy atom. The Morgan fingerprint density at radius 1 is 0.311 bits per heavy atom. The van der Waals surface area contributed by atoms with Crippen LogP contribution in [0.4, 0.5) is 0 Å². The van der Waals surface area contributed by atoms with Gasteiger partial charge in [0, 0.05) is 36.4 Å². The molecule has 12 nitrogen and oxygen atoms in total. The lowest BCUT2D eigenvalue weighted by atomic mass is 10.2. The highest BCUT2D eigenvalue weighted by Gasteiger charge is 2.19. The molecule has 0 aliphatic rings. The molecule has 0 aromatic heterocycles. The molecule has 0 saturated heterocycles. The lowest BCUT2D eigenvalue weighted by Crippen LogP contribution is -2.13. The van der Waals surface area contributed by atoms with Crippen LogP contribution in [0.2, 0.25) is 0 Å². The van der Waals surface area contributed by atoms with Crippen LogP contribution in [0.15, 0.2) is 72.8 Å². The van der Waals surface area contributed by atoms with Crippen molar-refractivity contribution >= 4 is 17.9 Å². The number of esters is 3. The molecular weight excluding hydrogens is 588 g/mol. The summed E-state index contributed by atoms with van der Waals surface area (Å²) in [5.41, 5.74) is 0.331. The number of methoxy groups -OCH3 is 6. The average Bonchev–Trinajstić information content (AvgIpc) is 3.06. The lowest BCUT2D eigenvalue weighted by molar-refractivity contribution is 0.0729. The molecule has 12 heteroatoms. The van der Waals surface area contributed by atoms with Gasteiger partial charge in [0.15, 0.2) is 0 Å². The third kappa shape index (κ3) is 8.14. The van der Waals surface area contributed by atoms with E-state index in [1.165, 1.54) is 97.3 Å². The van der Waals surface area contributed by atoms with Crippen molar-refractivity contribution < 1.29 is 57.0 Å². The number of benzene rings is 4. The average molecular weight is 619 g/mol. The molecule has 234 valence electrons. The smallest absolute Gasteiger partial charge is 0.343 e. The van der Waals surface area contributed by atoms with Gasteiger partial charge in [-0.1, -0.05) is 0 Å². The van der Waals surface area contributed by atoms with Crippen LogP contribution in [0.5, 0.6) is 51.7 Å². The summed E-state index contributed by atoms with van der Waals surface area (Å²) in [6.45, 7) is 0. The monoisotopic (exact) mass is 618 g/mol. The van der Waals surface area contributed by atoms with Crippen molar-refractivity contribution in [2.24, 2.45) is 0 Å². The maximum Gasteiger partial charge on any atom is 0.343 e. The maximum atomic E-state index is 13.1. The summed E-state index contributed by atoms with van der Waals surface area (Å²) in [6.07, 6.45) is 0. The van der Waals surface area contributed by atoms with Gasteiger partial charge in [0.1, 0.15) is 51.7 Å². The SMILES string of the molecule is COc1cc(OC)cc(C(=O)Oc2cc(OC(=O)c3cc(OC)cc(OC)c3)cc(OC(=O)c3cc(OC)cc(OC)c3)c2)c1. The molecule has 0 spiro atoms. The molecule has 0 amide bonds. The molecule has 0 aliphatic heterocycles. The van der Waals surface area contributed by atoms with Crippen molar-refractivity contribution in [1.82, 2.24) is 0 Å². The van der Waals surface area contributed by atoms with Gasteiger partial charge in [0.05, 0.1) is 59.3 Å². The first-order valence-electron chi connectivity index (χ1n) is 13.2. The first-order chi connectivity index (χ1) is 21.7. The lowest BCUT2D eigenvalue weighted by Gasteiger charge is -2.13. The molecule has 0 atom stereocenters. The normalized spacial score (nSPS) is 10.3. The van der Waals surface area contributed by atoms with Gasteiger partial charge < -0.3 is 42.6 Å². The fourth-order valence-electron chi connectivity index (χ4n) is 4.00. The van der Waals surface area contributed by atoms with E-state index in [0.717, 1.165) is 0 Å². The van der Waals surface area contributed by atoms with E-state index in [1.54, 1.807) is 18.2 Å². The molecule has 0 unspecified atom stereocenters. The molecule has 4 aromatic carbocycles. The van der Waals surface area contributed by atoms with Crippen molar-refractivity contribution in [2.45, 2.75) is 0 Å². The third-order valence-corrected chi connectivity index (χ3v) is 6.25. The van der Waals surface area contributed by atoms with Crippen LogP contribution < -0.4 is 42.6 Å². The molecule has 45 heavy (non-hydrogen) atoms. The van der Waals surface area contributed by atoms with Crippen LogP contribution in [-0.2, 0) is 0 Å². The van der Waals surface area contributed by atoms with Crippen LogP contribution in [0.3, 0.4) is 0 Å². The van der Waals surface area contributed by atoms with Gasteiger partial charge in [-0.05, 0) is 36.4 Å². The number of rotatable bonds is 12. The van der Waals surface area contributed by atoms with Crippen molar-refractivity contribution in [3.05, 3.63) is 89.5 Å². The summed E-state index contributed by atoms with van der Waals surface area (Å²) in [7, 11) is 8.66. The molecule has 4 aromatic rings. The molecule has 0 radical (unpaired) electrons. The van der Waals surface area contributed by atoms with E-state index in [4.69, 9.17) is 42.6 Å². The minimum atomic E-state index is -0.789. The predicted molar refractivity (Wildman–Crippen MR) is 160 cm³/mol. The number of ether oxygens (including phenoxy) is 9. The van der Waals surface area contributed by atoms with Crippen LogP contribution >= 0.6 is 0 Å². The zero-order chi connectivity index (χ0) is 32.5. The molecule has 4 rings (SSSR count). The zero-order valence-electron chi connectivity index (χ0n) is 25.3. The van der Waals surface area contributed by atoms with Crippen LogP contribution in [0.25, 0.3) is 0 Å². The van der Waals surface area contributed by atoms with Crippen molar-refractivity contribution in [3.63, 3.8) is 0 Å². The second-order valence-corrected chi connectivity index (χ2v) is 9.11. The van der Waals surface area contributed by atoms with Crippen LogP contribution in [-0.4, -0.2) is 60.6 Å². The molecule has 0 heterocycles. The van der Waals surface area contributed by atoms with Gasteiger partial charge in [0.2, 0.25) is 0 Å². The molecule has 0 fully saturated rings. The van der Waals surface area contributed by atoms with Crippen LogP contribution in [0.1, 0.15) is 31.1 Å².